The molecule has 0 aliphatic carbocycles. The van der Waals surface area contributed by atoms with Crippen molar-refractivity contribution in [1.29, 1.82) is 0 Å². The summed E-state index contributed by atoms with van der Waals surface area (Å²) < 4.78 is 38.2. The van der Waals surface area contributed by atoms with Crippen molar-refractivity contribution in [3.8, 4) is 0 Å². The fourth-order valence-electron chi connectivity index (χ4n) is 2.98. The van der Waals surface area contributed by atoms with Crippen LogP contribution in [0.1, 0.15) is 45.5 Å². The predicted molar refractivity (Wildman–Crippen MR) is 85.6 cm³/mol. The lowest BCUT2D eigenvalue weighted by molar-refractivity contribution is -0.140. The maximum Gasteiger partial charge on any atom is 0.434 e. The summed E-state index contributed by atoms with van der Waals surface area (Å²) in [6.07, 6.45) is -1.29. The van der Waals surface area contributed by atoms with Crippen molar-refractivity contribution in [3.05, 3.63) is 45.7 Å². The standard InChI is InChI=1S/C16H16F3N3O2S/c17-16(18,19)13-9-25-14(21-13)10-3-2-6-22(7-10)8-12-11(15(23)24)4-1-5-20-12/h1,4-5,9-10H,2-3,6-8H2,(H,23,24). The van der Waals surface area contributed by atoms with Crippen molar-refractivity contribution in [1.82, 2.24) is 14.9 Å². The van der Waals surface area contributed by atoms with Gasteiger partial charge < -0.3 is 5.11 Å². The molecule has 0 saturated carbocycles. The first kappa shape index (κ1) is 17.8. The summed E-state index contributed by atoms with van der Waals surface area (Å²) in [5.41, 5.74) is -0.230. The molecule has 9 heteroatoms. The molecule has 0 amide bonds. The number of hydrogen-bond donors (Lipinski definition) is 1. The number of carbonyl (C=O) groups is 1. The summed E-state index contributed by atoms with van der Waals surface area (Å²) in [4.78, 5) is 21.2. The van der Waals surface area contributed by atoms with E-state index >= 15 is 0 Å². The minimum absolute atomic E-state index is 0.0770. The number of rotatable bonds is 4. The van der Waals surface area contributed by atoms with Gasteiger partial charge in [-0.1, -0.05) is 0 Å². The van der Waals surface area contributed by atoms with E-state index in [2.05, 4.69) is 9.97 Å². The highest BCUT2D eigenvalue weighted by molar-refractivity contribution is 7.09. The molecule has 2 aromatic rings. The van der Waals surface area contributed by atoms with Gasteiger partial charge >= 0.3 is 12.1 Å². The molecule has 134 valence electrons. The maximum atomic E-state index is 12.7. The van der Waals surface area contributed by atoms with Crippen molar-refractivity contribution < 1.29 is 23.1 Å². The predicted octanol–water partition coefficient (Wildman–Crippen LogP) is 3.63. The Morgan fingerprint density at radius 3 is 2.92 bits per heavy atom. The lowest BCUT2D eigenvalue weighted by Gasteiger charge is -2.31. The van der Waals surface area contributed by atoms with Crippen LogP contribution in [0, 0.1) is 0 Å². The molecule has 1 saturated heterocycles. The molecule has 1 aliphatic rings. The Morgan fingerprint density at radius 2 is 2.24 bits per heavy atom. The Kier molecular flexibility index (Phi) is 5.05. The number of aromatic nitrogens is 2. The van der Waals surface area contributed by atoms with Crippen molar-refractivity contribution in [2.75, 3.05) is 13.1 Å². The highest BCUT2D eigenvalue weighted by atomic mass is 32.1. The Hall–Kier alpha value is -2.00. The summed E-state index contributed by atoms with van der Waals surface area (Å²) in [6.45, 7) is 1.65. The van der Waals surface area contributed by atoms with Crippen LogP contribution < -0.4 is 0 Å². The van der Waals surface area contributed by atoms with E-state index in [1.165, 1.54) is 6.07 Å². The number of halogens is 3. The molecule has 3 heterocycles. The third kappa shape index (κ3) is 4.16. The van der Waals surface area contributed by atoms with E-state index < -0.39 is 17.8 Å². The second kappa shape index (κ2) is 7.09. The number of likely N-dealkylation sites (tertiary alicyclic amines) is 1. The summed E-state index contributed by atoms with van der Waals surface area (Å²) >= 11 is 1.03. The minimum atomic E-state index is -4.42. The highest BCUT2D eigenvalue weighted by Crippen LogP contribution is 2.35. The number of hydrogen-bond acceptors (Lipinski definition) is 5. The molecule has 1 unspecified atom stereocenters. The molecule has 1 fully saturated rings. The molecule has 0 aromatic carbocycles. The maximum absolute atomic E-state index is 12.7. The van der Waals surface area contributed by atoms with Crippen molar-refractivity contribution in [3.63, 3.8) is 0 Å². The van der Waals surface area contributed by atoms with Gasteiger partial charge in [-0.3, -0.25) is 9.88 Å². The lowest BCUT2D eigenvalue weighted by Crippen LogP contribution is -2.34. The van der Waals surface area contributed by atoms with Crippen LogP contribution in [0.4, 0.5) is 13.2 Å². The van der Waals surface area contributed by atoms with Crippen molar-refractivity contribution in [2.45, 2.75) is 31.5 Å². The summed E-state index contributed by atoms with van der Waals surface area (Å²) in [6, 6.07) is 3.07. The molecule has 2 aromatic heterocycles. The molecular formula is C16H16F3N3O2S. The molecule has 1 aliphatic heterocycles. The molecule has 25 heavy (non-hydrogen) atoms. The van der Waals surface area contributed by atoms with Gasteiger partial charge in [0.05, 0.1) is 16.3 Å². The van der Waals surface area contributed by atoms with E-state index in [-0.39, 0.29) is 11.5 Å². The zero-order chi connectivity index (χ0) is 18.0. The summed E-state index contributed by atoms with van der Waals surface area (Å²) in [5, 5.41) is 10.8. The van der Waals surface area contributed by atoms with Crippen LogP contribution >= 0.6 is 11.3 Å². The average Bonchev–Trinajstić information content (AvgIpc) is 3.06. The van der Waals surface area contributed by atoms with Gasteiger partial charge in [0.15, 0.2) is 5.69 Å². The lowest BCUT2D eigenvalue weighted by atomic mass is 9.98. The van der Waals surface area contributed by atoms with Gasteiger partial charge in [0.1, 0.15) is 0 Å². The highest BCUT2D eigenvalue weighted by Gasteiger charge is 2.35. The molecule has 0 spiro atoms. The second-order valence-electron chi connectivity index (χ2n) is 5.95. The minimum Gasteiger partial charge on any atom is -0.478 e. The number of carboxylic acid groups (broad SMARTS) is 1. The second-order valence-corrected chi connectivity index (χ2v) is 6.84. The number of piperidine rings is 1. The van der Waals surface area contributed by atoms with E-state index in [1.807, 2.05) is 4.90 Å². The van der Waals surface area contributed by atoms with E-state index in [0.29, 0.717) is 23.8 Å². The molecule has 1 atom stereocenters. The molecule has 3 rings (SSSR count). The van der Waals surface area contributed by atoms with Gasteiger partial charge in [0.2, 0.25) is 0 Å². The number of thiazole rings is 1. The molecule has 5 nitrogen and oxygen atoms in total. The average molecular weight is 371 g/mol. The quantitative estimate of drug-likeness (QED) is 0.889. The van der Waals surface area contributed by atoms with E-state index in [4.69, 9.17) is 0 Å². The summed E-state index contributed by atoms with van der Waals surface area (Å²) in [7, 11) is 0. The first-order valence-corrected chi connectivity index (χ1v) is 8.64. The van der Waals surface area contributed by atoms with Gasteiger partial charge in [-0.05, 0) is 31.5 Å². The van der Waals surface area contributed by atoms with Crippen LogP contribution in [0.25, 0.3) is 0 Å². The molecular weight excluding hydrogens is 355 g/mol. The van der Waals surface area contributed by atoms with Gasteiger partial charge in [0, 0.05) is 30.6 Å². The van der Waals surface area contributed by atoms with Crippen LogP contribution in [0.3, 0.4) is 0 Å². The SMILES string of the molecule is O=C(O)c1cccnc1CN1CCCC(c2nc(C(F)(F)F)cs2)C1. The van der Waals surface area contributed by atoms with Gasteiger partial charge in [-0.25, -0.2) is 9.78 Å². The van der Waals surface area contributed by atoms with Gasteiger partial charge in [0.25, 0.3) is 0 Å². The summed E-state index contributed by atoms with van der Waals surface area (Å²) in [5.74, 6) is -1.11. The third-order valence-electron chi connectivity index (χ3n) is 4.16. The number of pyridine rings is 1. The molecule has 0 radical (unpaired) electrons. The van der Waals surface area contributed by atoms with E-state index in [1.54, 1.807) is 12.3 Å². The van der Waals surface area contributed by atoms with Crippen LogP contribution in [0.15, 0.2) is 23.7 Å². The van der Waals surface area contributed by atoms with Crippen LogP contribution in [-0.2, 0) is 12.7 Å². The van der Waals surface area contributed by atoms with Crippen LogP contribution in [0.5, 0.6) is 0 Å². The van der Waals surface area contributed by atoms with Gasteiger partial charge in [-0.15, -0.1) is 11.3 Å². The third-order valence-corrected chi connectivity index (χ3v) is 5.17. The smallest absolute Gasteiger partial charge is 0.434 e. The fourth-order valence-corrected chi connectivity index (χ4v) is 3.93. The Labute approximate surface area is 146 Å². The zero-order valence-electron chi connectivity index (χ0n) is 13.2. The number of nitrogens with zero attached hydrogens (tertiary/aromatic N) is 3. The fraction of sp³-hybridized carbons (Fsp3) is 0.438. The Bertz CT molecular complexity index is 763. The topological polar surface area (TPSA) is 66.3 Å². The van der Waals surface area contributed by atoms with Gasteiger partial charge in [-0.2, -0.15) is 13.2 Å². The zero-order valence-corrected chi connectivity index (χ0v) is 14.0. The molecule has 0 bridgehead atoms. The van der Waals surface area contributed by atoms with E-state index in [0.717, 1.165) is 36.1 Å². The van der Waals surface area contributed by atoms with Crippen molar-refractivity contribution in [2.24, 2.45) is 0 Å². The van der Waals surface area contributed by atoms with Crippen molar-refractivity contribution >= 4 is 17.3 Å². The number of carboxylic acids is 1. The first-order valence-electron chi connectivity index (χ1n) is 7.76. The number of aromatic carboxylic acids is 1. The van der Waals surface area contributed by atoms with Crippen LogP contribution in [0.2, 0.25) is 0 Å². The van der Waals surface area contributed by atoms with Crippen LogP contribution in [-0.4, -0.2) is 39.0 Å². The normalized spacial score (nSPS) is 19.1. The monoisotopic (exact) mass is 371 g/mol. The largest absolute Gasteiger partial charge is 0.478 e. The Balaban J connectivity index is 1.72. The molecule has 1 N–H and O–H groups in total. The first-order chi connectivity index (χ1) is 11.8. The van der Waals surface area contributed by atoms with E-state index in [9.17, 15) is 23.1 Å². The Morgan fingerprint density at radius 1 is 1.44 bits per heavy atom. The number of alkyl halides is 3.